The zero-order valence-corrected chi connectivity index (χ0v) is 15.3. The summed E-state index contributed by atoms with van der Waals surface area (Å²) >= 11 is 0. The number of esters is 1. The van der Waals surface area contributed by atoms with Crippen LogP contribution in [0, 0.1) is 0 Å². The van der Waals surface area contributed by atoms with Crippen molar-refractivity contribution in [3.05, 3.63) is 17.7 Å². The lowest BCUT2D eigenvalue weighted by molar-refractivity contribution is -0.153. The highest BCUT2D eigenvalue weighted by atomic mass is 16.5. The molecular weight excluding hydrogens is 362 g/mol. The minimum absolute atomic E-state index is 0.150. The number of rotatable bonds is 8. The third-order valence-electron chi connectivity index (χ3n) is 3.24. The minimum Gasteiger partial charge on any atom is -0.493 e. The number of benzene rings is 1. The first-order valence-electron chi connectivity index (χ1n) is 7.61. The molecule has 4 amide bonds. The number of hydrogen-bond acceptors (Lipinski definition) is 8. The molecule has 1 aromatic rings. The summed E-state index contributed by atoms with van der Waals surface area (Å²) in [5.41, 5.74) is 4.94. The summed E-state index contributed by atoms with van der Waals surface area (Å²) in [5, 5.41) is 4.11. The summed E-state index contributed by atoms with van der Waals surface area (Å²) in [6, 6.07) is 1.74. The van der Waals surface area contributed by atoms with Gasteiger partial charge in [0, 0.05) is 5.56 Å². The molecule has 0 unspecified atom stereocenters. The van der Waals surface area contributed by atoms with Gasteiger partial charge in [0.2, 0.25) is 5.75 Å². The maximum atomic E-state index is 12.2. The van der Waals surface area contributed by atoms with Crippen LogP contribution in [0.5, 0.6) is 17.2 Å². The van der Waals surface area contributed by atoms with Crippen molar-refractivity contribution in [1.82, 2.24) is 10.6 Å². The number of nitrogens with two attached hydrogens (primary N) is 1. The Balaban J connectivity index is 2.73. The summed E-state index contributed by atoms with van der Waals surface area (Å²) in [4.78, 5) is 46.0. The number of carbonyl (C=O) groups excluding carboxylic acids is 4. The van der Waals surface area contributed by atoms with E-state index in [1.807, 2.05) is 0 Å². The lowest BCUT2D eigenvalue weighted by Gasteiger charge is -2.14. The van der Waals surface area contributed by atoms with Crippen LogP contribution in [0.15, 0.2) is 12.1 Å². The van der Waals surface area contributed by atoms with Gasteiger partial charge in [0.1, 0.15) is 6.54 Å². The third kappa shape index (κ3) is 6.06. The number of carbonyl (C=O) groups is 4. The van der Waals surface area contributed by atoms with Gasteiger partial charge in [-0.05, 0) is 19.1 Å². The molecule has 4 N–H and O–H groups in total. The Hall–Kier alpha value is -3.50. The van der Waals surface area contributed by atoms with Crippen molar-refractivity contribution in [1.29, 1.82) is 0 Å². The second-order valence-corrected chi connectivity index (χ2v) is 5.08. The Morgan fingerprint density at radius 3 is 2.04 bits per heavy atom. The quantitative estimate of drug-likeness (QED) is 0.511. The van der Waals surface area contributed by atoms with Crippen molar-refractivity contribution >= 4 is 23.8 Å². The van der Waals surface area contributed by atoms with Crippen LogP contribution in [-0.4, -0.2) is 57.8 Å². The number of ether oxygens (including phenoxy) is 4. The number of nitrogens with one attached hydrogen (secondary N) is 2. The second kappa shape index (κ2) is 9.85. The first-order valence-corrected chi connectivity index (χ1v) is 7.61. The molecule has 11 nitrogen and oxygen atoms in total. The topological polar surface area (TPSA) is 155 Å². The molecule has 0 aliphatic rings. The first kappa shape index (κ1) is 21.5. The van der Waals surface area contributed by atoms with Gasteiger partial charge in [-0.15, -0.1) is 0 Å². The molecule has 0 radical (unpaired) electrons. The monoisotopic (exact) mass is 383 g/mol. The van der Waals surface area contributed by atoms with Gasteiger partial charge in [-0.2, -0.15) is 0 Å². The standard InChI is InChI=1S/C16H21N3O8/c1-8(14(21)19-16(17)23)27-12(20)7-18-15(22)9-5-10(24-2)13(26-4)11(6-9)25-3/h5-6,8H,7H2,1-4H3,(H,18,22)(H3,17,19,21,23)/t8-/m0/s1. The van der Waals surface area contributed by atoms with Gasteiger partial charge in [-0.3, -0.25) is 19.7 Å². The average Bonchev–Trinajstić information content (AvgIpc) is 2.63. The Morgan fingerprint density at radius 2 is 1.59 bits per heavy atom. The first-order chi connectivity index (χ1) is 12.7. The number of methoxy groups -OCH3 is 3. The van der Waals surface area contributed by atoms with Crippen LogP contribution < -0.4 is 30.6 Å². The smallest absolute Gasteiger partial charge is 0.326 e. The van der Waals surface area contributed by atoms with E-state index in [1.165, 1.54) is 40.4 Å². The van der Waals surface area contributed by atoms with E-state index in [0.717, 1.165) is 0 Å². The van der Waals surface area contributed by atoms with Crippen LogP contribution >= 0.6 is 0 Å². The van der Waals surface area contributed by atoms with Gasteiger partial charge in [0.25, 0.3) is 11.8 Å². The molecule has 1 aromatic carbocycles. The van der Waals surface area contributed by atoms with E-state index < -0.39 is 36.5 Å². The van der Waals surface area contributed by atoms with Crippen LogP contribution in [0.2, 0.25) is 0 Å². The molecule has 0 saturated carbocycles. The molecule has 1 atom stereocenters. The number of urea groups is 1. The van der Waals surface area contributed by atoms with Crippen molar-refractivity contribution in [2.24, 2.45) is 5.73 Å². The van der Waals surface area contributed by atoms with Crippen molar-refractivity contribution in [2.45, 2.75) is 13.0 Å². The van der Waals surface area contributed by atoms with Gasteiger partial charge >= 0.3 is 12.0 Å². The summed E-state index contributed by atoms with van der Waals surface area (Å²) in [5.74, 6) is -1.54. The number of amides is 4. The van der Waals surface area contributed by atoms with Crippen LogP contribution in [-0.2, 0) is 14.3 Å². The molecule has 0 heterocycles. The molecule has 0 fully saturated rings. The number of hydrogen-bond donors (Lipinski definition) is 3. The highest BCUT2D eigenvalue weighted by Crippen LogP contribution is 2.38. The van der Waals surface area contributed by atoms with E-state index in [4.69, 9.17) is 24.7 Å². The second-order valence-electron chi connectivity index (χ2n) is 5.08. The molecule has 0 aliphatic carbocycles. The van der Waals surface area contributed by atoms with E-state index in [0.29, 0.717) is 5.75 Å². The molecule has 0 aromatic heterocycles. The van der Waals surface area contributed by atoms with E-state index in [1.54, 1.807) is 5.32 Å². The molecule has 1 rings (SSSR count). The highest BCUT2D eigenvalue weighted by Gasteiger charge is 2.21. The van der Waals surface area contributed by atoms with Gasteiger partial charge < -0.3 is 30.0 Å². The molecule has 0 bridgehead atoms. The molecule has 148 valence electrons. The Labute approximate surface area is 155 Å². The molecular formula is C16H21N3O8. The van der Waals surface area contributed by atoms with Crippen LogP contribution in [0.3, 0.4) is 0 Å². The van der Waals surface area contributed by atoms with Gasteiger partial charge in [-0.25, -0.2) is 4.79 Å². The highest BCUT2D eigenvalue weighted by molar-refractivity contribution is 5.98. The Kier molecular flexibility index (Phi) is 7.86. The van der Waals surface area contributed by atoms with Crippen molar-refractivity contribution in [2.75, 3.05) is 27.9 Å². The molecule has 11 heteroatoms. The Bertz CT molecular complexity index is 709. The van der Waals surface area contributed by atoms with E-state index in [2.05, 4.69) is 5.32 Å². The lowest BCUT2D eigenvalue weighted by Crippen LogP contribution is -2.43. The number of imide groups is 1. The molecule has 0 aliphatic heterocycles. The maximum Gasteiger partial charge on any atom is 0.326 e. The SMILES string of the molecule is COc1cc(C(=O)NCC(=O)O[C@@H](C)C(=O)NC(N)=O)cc(OC)c1OC. The van der Waals surface area contributed by atoms with E-state index in [-0.39, 0.29) is 17.1 Å². The van der Waals surface area contributed by atoms with Gasteiger partial charge in [0.15, 0.2) is 17.6 Å². The zero-order chi connectivity index (χ0) is 20.6. The fourth-order valence-electron chi connectivity index (χ4n) is 1.98. The fourth-order valence-corrected chi connectivity index (χ4v) is 1.98. The van der Waals surface area contributed by atoms with Crippen LogP contribution in [0.1, 0.15) is 17.3 Å². The zero-order valence-electron chi connectivity index (χ0n) is 15.3. The van der Waals surface area contributed by atoms with E-state index in [9.17, 15) is 19.2 Å². The maximum absolute atomic E-state index is 12.2. The summed E-state index contributed by atoms with van der Waals surface area (Å²) < 4.78 is 20.2. The lowest BCUT2D eigenvalue weighted by atomic mass is 10.1. The fraction of sp³-hybridized carbons (Fsp3) is 0.375. The van der Waals surface area contributed by atoms with Crippen LogP contribution in [0.25, 0.3) is 0 Å². The van der Waals surface area contributed by atoms with Gasteiger partial charge in [-0.1, -0.05) is 0 Å². The summed E-state index contributed by atoms with van der Waals surface area (Å²) in [7, 11) is 4.22. The van der Waals surface area contributed by atoms with Crippen molar-refractivity contribution < 1.29 is 38.1 Å². The summed E-state index contributed by atoms with van der Waals surface area (Å²) in [6.45, 7) is 0.737. The largest absolute Gasteiger partial charge is 0.493 e. The van der Waals surface area contributed by atoms with Crippen molar-refractivity contribution in [3.63, 3.8) is 0 Å². The molecule has 0 saturated heterocycles. The molecule has 27 heavy (non-hydrogen) atoms. The van der Waals surface area contributed by atoms with E-state index >= 15 is 0 Å². The predicted octanol–water partition coefficient (Wildman–Crippen LogP) is -0.431. The summed E-state index contributed by atoms with van der Waals surface area (Å²) in [6.07, 6.45) is -1.26. The Morgan fingerprint density at radius 1 is 1.04 bits per heavy atom. The van der Waals surface area contributed by atoms with Crippen molar-refractivity contribution in [3.8, 4) is 17.2 Å². The number of primary amides is 1. The predicted molar refractivity (Wildman–Crippen MR) is 91.7 cm³/mol. The molecule has 0 spiro atoms. The third-order valence-corrected chi connectivity index (χ3v) is 3.24. The van der Waals surface area contributed by atoms with Gasteiger partial charge in [0.05, 0.1) is 21.3 Å². The average molecular weight is 383 g/mol. The normalized spacial score (nSPS) is 11.0. The minimum atomic E-state index is -1.26. The van der Waals surface area contributed by atoms with Crippen LogP contribution in [0.4, 0.5) is 4.79 Å².